The molecule has 0 aliphatic rings. The summed E-state index contributed by atoms with van der Waals surface area (Å²) in [5.74, 6) is 0. The molecule has 1 rings (SSSR count). The Morgan fingerprint density at radius 2 is 1.50 bits per heavy atom. The van der Waals surface area contributed by atoms with Gasteiger partial charge in [-0.3, -0.25) is 4.90 Å². The van der Waals surface area contributed by atoms with E-state index in [2.05, 4.69) is 41.4 Å². The van der Waals surface area contributed by atoms with Crippen LogP contribution in [0.5, 0.6) is 0 Å². The minimum Gasteiger partial charge on any atom is -0.383 e. The highest BCUT2D eigenvalue weighted by Gasteiger charge is 2.05. The Morgan fingerprint density at radius 3 is 2.00 bits per heavy atom. The van der Waals surface area contributed by atoms with Gasteiger partial charge in [0.2, 0.25) is 0 Å². The number of nitrogens with zero attached hydrogens (tertiary/aromatic N) is 1. The van der Waals surface area contributed by atoms with Crippen LogP contribution in [0.2, 0.25) is 0 Å². The van der Waals surface area contributed by atoms with Crippen molar-refractivity contribution in [3.05, 3.63) is 35.4 Å². The van der Waals surface area contributed by atoms with Gasteiger partial charge < -0.3 is 14.8 Å². The molecule has 0 aliphatic carbocycles. The van der Waals surface area contributed by atoms with Crippen LogP contribution in [0.1, 0.15) is 18.1 Å². The third kappa shape index (κ3) is 7.01. The van der Waals surface area contributed by atoms with E-state index in [0.29, 0.717) is 0 Å². The first kappa shape index (κ1) is 17.1. The lowest BCUT2D eigenvalue weighted by atomic mass is 10.1. The molecule has 0 bridgehead atoms. The first-order valence-corrected chi connectivity index (χ1v) is 7.29. The van der Waals surface area contributed by atoms with E-state index in [1.807, 2.05) is 0 Å². The van der Waals surface area contributed by atoms with E-state index in [1.165, 1.54) is 11.1 Å². The Labute approximate surface area is 123 Å². The largest absolute Gasteiger partial charge is 0.383 e. The molecule has 114 valence electrons. The van der Waals surface area contributed by atoms with E-state index < -0.39 is 0 Å². The van der Waals surface area contributed by atoms with Gasteiger partial charge in [-0.15, -0.1) is 0 Å². The summed E-state index contributed by atoms with van der Waals surface area (Å²) in [6.45, 7) is 8.37. The Hall–Kier alpha value is -0.940. The summed E-state index contributed by atoms with van der Waals surface area (Å²) in [5.41, 5.74) is 2.66. The van der Waals surface area contributed by atoms with E-state index >= 15 is 0 Å². The van der Waals surface area contributed by atoms with Crippen molar-refractivity contribution in [3.8, 4) is 0 Å². The average Bonchev–Trinajstić information content (AvgIpc) is 2.49. The lowest BCUT2D eigenvalue weighted by Crippen LogP contribution is -2.30. The molecule has 20 heavy (non-hydrogen) atoms. The zero-order chi connectivity index (χ0) is 14.6. The number of methoxy groups -OCH3 is 2. The van der Waals surface area contributed by atoms with Gasteiger partial charge in [-0.2, -0.15) is 0 Å². The summed E-state index contributed by atoms with van der Waals surface area (Å²) in [7, 11) is 3.48. The molecule has 0 spiro atoms. The number of nitrogens with one attached hydrogen (secondary N) is 1. The summed E-state index contributed by atoms with van der Waals surface area (Å²) in [5, 5.41) is 3.34. The van der Waals surface area contributed by atoms with Crippen molar-refractivity contribution in [2.75, 3.05) is 47.1 Å². The van der Waals surface area contributed by atoms with Crippen LogP contribution in [0.4, 0.5) is 0 Å². The van der Waals surface area contributed by atoms with Gasteiger partial charge in [-0.05, 0) is 17.7 Å². The van der Waals surface area contributed by atoms with Gasteiger partial charge in [0.15, 0.2) is 0 Å². The fraction of sp³-hybridized carbons (Fsp3) is 0.625. The quantitative estimate of drug-likeness (QED) is 0.671. The molecule has 0 aromatic heterocycles. The van der Waals surface area contributed by atoms with Crippen molar-refractivity contribution in [2.45, 2.75) is 20.0 Å². The summed E-state index contributed by atoms with van der Waals surface area (Å²) < 4.78 is 10.3. The van der Waals surface area contributed by atoms with Crippen molar-refractivity contribution in [1.82, 2.24) is 10.2 Å². The molecule has 0 fully saturated rings. The Balaban J connectivity index is 2.49. The lowest BCUT2D eigenvalue weighted by molar-refractivity contribution is 0.110. The summed E-state index contributed by atoms with van der Waals surface area (Å²) in [4.78, 5) is 2.35. The second-order valence-corrected chi connectivity index (χ2v) is 4.86. The van der Waals surface area contributed by atoms with Crippen molar-refractivity contribution < 1.29 is 9.47 Å². The number of hydrogen-bond acceptors (Lipinski definition) is 4. The molecule has 0 atom stereocenters. The summed E-state index contributed by atoms with van der Waals surface area (Å²) >= 11 is 0. The number of benzene rings is 1. The maximum atomic E-state index is 5.16. The molecule has 0 aliphatic heterocycles. The average molecular weight is 280 g/mol. The second-order valence-electron chi connectivity index (χ2n) is 4.86. The highest BCUT2D eigenvalue weighted by Crippen LogP contribution is 2.07. The van der Waals surface area contributed by atoms with Gasteiger partial charge in [0.1, 0.15) is 0 Å². The number of rotatable bonds is 11. The van der Waals surface area contributed by atoms with Crippen LogP contribution in [0.25, 0.3) is 0 Å². The third-order valence-corrected chi connectivity index (χ3v) is 3.23. The van der Waals surface area contributed by atoms with Crippen LogP contribution in [0.15, 0.2) is 24.3 Å². The molecular weight excluding hydrogens is 252 g/mol. The molecule has 4 nitrogen and oxygen atoms in total. The van der Waals surface area contributed by atoms with Crippen LogP contribution in [0, 0.1) is 0 Å². The third-order valence-electron chi connectivity index (χ3n) is 3.23. The Morgan fingerprint density at radius 1 is 0.950 bits per heavy atom. The van der Waals surface area contributed by atoms with Crippen molar-refractivity contribution >= 4 is 0 Å². The van der Waals surface area contributed by atoms with Crippen LogP contribution in [-0.2, 0) is 22.6 Å². The van der Waals surface area contributed by atoms with Crippen LogP contribution in [-0.4, -0.2) is 52.0 Å². The van der Waals surface area contributed by atoms with Crippen LogP contribution < -0.4 is 5.32 Å². The number of hydrogen-bond donors (Lipinski definition) is 1. The van der Waals surface area contributed by atoms with Gasteiger partial charge >= 0.3 is 0 Å². The van der Waals surface area contributed by atoms with Gasteiger partial charge in [-0.25, -0.2) is 0 Å². The minimum atomic E-state index is 0.752. The van der Waals surface area contributed by atoms with Crippen molar-refractivity contribution in [2.24, 2.45) is 0 Å². The number of ether oxygens (including phenoxy) is 2. The normalized spacial score (nSPS) is 11.2. The highest BCUT2D eigenvalue weighted by molar-refractivity contribution is 5.22. The van der Waals surface area contributed by atoms with Gasteiger partial charge in [-0.1, -0.05) is 31.2 Å². The summed E-state index contributed by atoms with van der Waals surface area (Å²) in [6.07, 6.45) is 0. The Bertz CT molecular complexity index is 333. The molecule has 0 unspecified atom stereocenters. The molecule has 1 aromatic carbocycles. The van der Waals surface area contributed by atoms with E-state index in [0.717, 1.165) is 45.9 Å². The molecular formula is C16H28N2O2. The van der Waals surface area contributed by atoms with E-state index in [9.17, 15) is 0 Å². The van der Waals surface area contributed by atoms with Gasteiger partial charge in [0, 0.05) is 40.4 Å². The topological polar surface area (TPSA) is 33.7 Å². The van der Waals surface area contributed by atoms with E-state index in [4.69, 9.17) is 9.47 Å². The van der Waals surface area contributed by atoms with Crippen LogP contribution in [0.3, 0.4) is 0 Å². The predicted octanol–water partition coefficient (Wildman–Crippen LogP) is 1.89. The van der Waals surface area contributed by atoms with Gasteiger partial charge in [0.25, 0.3) is 0 Å². The highest BCUT2D eigenvalue weighted by atomic mass is 16.5. The van der Waals surface area contributed by atoms with E-state index in [-0.39, 0.29) is 0 Å². The standard InChI is InChI=1S/C16H28N2O2/c1-4-17-13-15-5-7-16(8-6-15)14-18(9-11-19-2)10-12-20-3/h5-8,17H,4,9-14H2,1-3H3. The Kier molecular flexibility index (Phi) is 9.24. The fourth-order valence-corrected chi connectivity index (χ4v) is 2.00. The SMILES string of the molecule is CCNCc1ccc(CN(CCOC)CCOC)cc1. The first-order valence-electron chi connectivity index (χ1n) is 7.29. The van der Waals surface area contributed by atoms with Gasteiger partial charge in [0.05, 0.1) is 13.2 Å². The second kappa shape index (κ2) is 10.8. The molecule has 0 heterocycles. The van der Waals surface area contributed by atoms with Crippen LogP contribution >= 0.6 is 0 Å². The monoisotopic (exact) mass is 280 g/mol. The fourth-order valence-electron chi connectivity index (χ4n) is 2.00. The maximum Gasteiger partial charge on any atom is 0.0589 e. The molecule has 0 radical (unpaired) electrons. The molecule has 4 heteroatoms. The molecule has 0 saturated heterocycles. The minimum absolute atomic E-state index is 0.752. The molecule has 0 saturated carbocycles. The molecule has 1 N–H and O–H groups in total. The smallest absolute Gasteiger partial charge is 0.0589 e. The predicted molar refractivity (Wildman–Crippen MR) is 82.9 cm³/mol. The maximum absolute atomic E-state index is 5.16. The molecule has 0 amide bonds. The lowest BCUT2D eigenvalue weighted by Gasteiger charge is -2.21. The zero-order valence-electron chi connectivity index (χ0n) is 13.0. The zero-order valence-corrected chi connectivity index (χ0v) is 13.0. The van der Waals surface area contributed by atoms with E-state index in [1.54, 1.807) is 14.2 Å². The summed E-state index contributed by atoms with van der Waals surface area (Å²) in [6, 6.07) is 8.81. The molecule has 1 aromatic rings. The first-order chi connectivity index (χ1) is 9.80. The van der Waals surface area contributed by atoms with Crippen molar-refractivity contribution in [1.29, 1.82) is 0 Å². The van der Waals surface area contributed by atoms with Crippen molar-refractivity contribution in [3.63, 3.8) is 0 Å².